The lowest BCUT2D eigenvalue weighted by molar-refractivity contribution is -0.385. The maximum atomic E-state index is 12.8. The number of rotatable bonds is 10. The molecule has 1 aromatic carbocycles. The third-order valence-electron chi connectivity index (χ3n) is 4.58. The van der Waals surface area contributed by atoms with Gasteiger partial charge >= 0.3 is 11.9 Å². The third-order valence-corrected chi connectivity index (χ3v) is 4.58. The number of hydrogen-bond acceptors (Lipinski definition) is 8. The predicted octanol–water partition coefficient (Wildman–Crippen LogP) is 3.19. The zero-order chi connectivity index (χ0) is 22.1. The molecule has 0 amide bonds. The van der Waals surface area contributed by atoms with Gasteiger partial charge in [-0.3, -0.25) is 19.9 Å². The topological polar surface area (TPSA) is 117 Å². The Labute approximate surface area is 174 Å². The van der Waals surface area contributed by atoms with E-state index in [1.807, 2.05) is 6.92 Å². The van der Waals surface area contributed by atoms with Crippen LogP contribution in [0.15, 0.2) is 41.0 Å². The molecule has 2 atom stereocenters. The minimum absolute atomic E-state index is 0.0204. The molecule has 1 aliphatic heterocycles. The summed E-state index contributed by atoms with van der Waals surface area (Å²) in [5.74, 6) is -3.24. The summed E-state index contributed by atoms with van der Waals surface area (Å²) in [4.78, 5) is 40.7. The van der Waals surface area contributed by atoms with Crippen LogP contribution in [0.25, 0.3) is 0 Å². The molecule has 2 unspecified atom stereocenters. The van der Waals surface area contributed by atoms with E-state index in [2.05, 4.69) is 4.99 Å². The zero-order valence-electron chi connectivity index (χ0n) is 17.3. The number of esters is 2. The summed E-state index contributed by atoms with van der Waals surface area (Å²) in [5.41, 5.74) is 0.486. The minimum Gasteiger partial charge on any atom is -0.465 e. The van der Waals surface area contributed by atoms with Crippen LogP contribution in [-0.2, 0) is 23.8 Å². The summed E-state index contributed by atoms with van der Waals surface area (Å²) in [6, 6.07) is 6.00. The number of nitrogens with zero attached hydrogens (tertiary/aromatic N) is 2. The normalized spacial score (nSPS) is 18.2. The predicted molar refractivity (Wildman–Crippen MR) is 109 cm³/mol. The molecule has 0 radical (unpaired) electrons. The average molecular weight is 418 g/mol. The van der Waals surface area contributed by atoms with Crippen molar-refractivity contribution in [3.05, 3.63) is 51.7 Å². The molecule has 9 heteroatoms. The van der Waals surface area contributed by atoms with Gasteiger partial charge in [-0.1, -0.05) is 25.1 Å². The number of benzene rings is 1. The number of aliphatic imine (C=N–C) groups is 1. The highest BCUT2D eigenvalue weighted by atomic mass is 16.6. The van der Waals surface area contributed by atoms with Crippen molar-refractivity contribution in [2.75, 3.05) is 26.4 Å². The van der Waals surface area contributed by atoms with Gasteiger partial charge in [-0.25, -0.2) is 4.79 Å². The molecule has 0 N–H and O–H groups in total. The molecule has 162 valence electrons. The first kappa shape index (κ1) is 23.2. The van der Waals surface area contributed by atoms with Gasteiger partial charge in [0, 0.05) is 36.1 Å². The van der Waals surface area contributed by atoms with Gasteiger partial charge in [0.25, 0.3) is 5.69 Å². The Kier molecular flexibility index (Phi) is 8.67. The fourth-order valence-corrected chi connectivity index (χ4v) is 3.26. The number of nitro benzene ring substituents is 1. The molecule has 0 saturated carbocycles. The molecule has 1 heterocycles. The molecule has 0 spiro atoms. The molecule has 0 aromatic heterocycles. The molecule has 0 fully saturated rings. The smallest absolute Gasteiger partial charge is 0.336 e. The highest BCUT2D eigenvalue weighted by molar-refractivity contribution is 6.06. The van der Waals surface area contributed by atoms with E-state index in [0.717, 1.165) is 6.42 Å². The number of carbonyl (C=O) groups is 2. The third kappa shape index (κ3) is 5.50. The molecule has 1 aliphatic rings. The summed E-state index contributed by atoms with van der Waals surface area (Å²) in [6.45, 7) is 6.18. The van der Waals surface area contributed by atoms with Crippen LogP contribution in [0.4, 0.5) is 5.69 Å². The average Bonchev–Trinajstić information content (AvgIpc) is 2.73. The monoisotopic (exact) mass is 418 g/mol. The maximum Gasteiger partial charge on any atom is 0.336 e. The summed E-state index contributed by atoms with van der Waals surface area (Å²) in [5, 5.41) is 11.6. The molecule has 0 saturated heterocycles. The van der Waals surface area contributed by atoms with Crippen molar-refractivity contribution >= 4 is 23.3 Å². The molecular formula is C21H26N2O7. The Morgan fingerprint density at radius 3 is 2.53 bits per heavy atom. The van der Waals surface area contributed by atoms with E-state index in [1.54, 1.807) is 19.9 Å². The van der Waals surface area contributed by atoms with Gasteiger partial charge < -0.3 is 14.2 Å². The summed E-state index contributed by atoms with van der Waals surface area (Å²) < 4.78 is 15.8. The largest absolute Gasteiger partial charge is 0.465 e. The van der Waals surface area contributed by atoms with Crippen LogP contribution in [0.2, 0.25) is 0 Å². The van der Waals surface area contributed by atoms with Gasteiger partial charge in [0.05, 0.1) is 23.7 Å². The summed E-state index contributed by atoms with van der Waals surface area (Å²) >= 11 is 0. The first-order chi connectivity index (χ1) is 14.4. The van der Waals surface area contributed by atoms with Crippen molar-refractivity contribution in [3.63, 3.8) is 0 Å². The van der Waals surface area contributed by atoms with E-state index in [-0.39, 0.29) is 36.6 Å². The molecular weight excluding hydrogens is 392 g/mol. The number of nitro groups is 1. The quantitative estimate of drug-likeness (QED) is 0.248. The second-order valence-electron chi connectivity index (χ2n) is 6.63. The van der Waals surface area contributed by atoms with E-state index >= 15 is 0 Å². The van der Waals surface area contributed by atoms with Gasteiger partial charge in [0.1, 0.15) is 12.5 Å². The van der Waals surface area contributed by atoms with Crippen LogP contribution in [0, 0.1) is 16.0 Å². The summed E-state index contributed by atoms with van der Waals surface area (Å²) in [7, 11) is 0. The minimum atomic E-state index is -0.977. The Morgan fingerprint density at radius 2 is 1.87 bits per heavy atom. The van der Waals surface area contributed by atoms with Gasteiger partial charge in [-0.2, -0.15) is 0 Å². The zero-order valence-corrected chi connectivity index (χ0v) is 17.3. The lowest BCUT2D eigenvalue weighted by atomic mass is 9.76. The van der Waals surface area contributed by atoms with E-state index in [9.17, 15) is 19.7 Å². The highest BCUT2D eigenvalue weighted by Gasteiger charge is 2.43. The second-order valence-corrected chi connectivity index (χ2v) is 6.63. The molecule has 1 aromatic rings. The first-order valence-electron chi connectivity index (χ1n) is 9.81. The number of hydrogen-bond donors (Lipinski definition) is 0. The van der Waals surface area contributed by atoms with Gasteiger partial charge in [-0.05, 0) is 20.3 Å². The highest BCUT2D eigenvalue weighted by Crippen LogP contribution is 2.41. The second kappa shape index (κ2) is 11.2. The SMILES string of the molecule is CCCOCCOC(=O)C1=CN=C(C)C(C(=O)OCC)C1c1ccccc1[N+](=O)[O-]. The molecule has 0 bridgehead atoms. The van der Waals surface area contributed by atoms with Crippen LogP contribution in [-0.4, -0.2) is 49.0 Å². The molecule has 2 rings (SSSR count). The van der Waals surface area contributed by atoms with Crippen LogP contribution in [0.3, 0.4) is 0 Å². The Hall–Kier alpha value is -3.07. The van der Waals surface area contributed by atoms with E-state index < -0.39 is 28.7 Å². The number of para-hydroxylation sites is 1. The Bertz CT molecular complexity index is 848. The lowest BCUT2D eigenvalue weighted by Gasteiger charge is -2.29. The molecule has 9 nitrogen and oxygen atoms in total. The molecule has 0 aliphatic carbocycles. The van der Waals surface area contributed by atoms with Crippen LogP contribution in [0.1, 0.15) is 38.7 Å². The Morgan fingerprint density at radius 1 is 1.13 bits per heavy atom. The van der Waals surface area contributed by atoms with E-state index in [0.29, 0.717) is 12.3 Å². The van der Waals surface area contributed by atoms with E-state index in [1.165, 1.54) is 24.4 Å². The van der Waals surface area contributed by atoms with Crippen molar-refractivity contribution in [2.24, 2.45) is 10.9 Å². The lowest BCUT2D eigenvalue weighted by Crippen LogP contribution is -2.36. The molecule has 30 heavy (non-hydrogen) atoms. The van der Waals surface area contributed by atoms with Crippen LogP contribution >= 0.6 is 0 Å². The standard InChI is InChI=1S/C21H26N2O7/c1-4-10-28-11-12-30-20(24)16-13-22-14(3)18(21(25)29-5-2)19(16)15-8-6-7-9-17(15)23(26)27/h6-9,13,18-19H,4-5,10-12H2,1-3H3. The van der Waals surface area contributed by atoms with Gasteiger partial charge in [0.2, 0.25) is 0 Å². The van der Waals surface area contributed by atoms with Crippen LogP contribution < -0.4 is 0 Å². The fraction of sp³-hybridized carbons (Fsp3) is 0.476. The van der Waals surface area contributed by atoms with E-state index in [4.69, 9.17) is 14.2 Å². The number of carbonyl (C=O) groups excluding carboxylic acids is 2. The summed E-state index contributed by atoms with van der Waals surface area (Å²) in [6.07, 6.45) is 2.15. The maximum absolute atomic E-state index is 12.8. The van der Waals surface area contributed by atoms with Crippen molar-refractivity contribution in [2.45, 2.75) is 33.1 Å². The number of ether oxygens (including phenoxy) is 3. The van der Waals surface area contributed by atoms with Gasteiger partial charge in [0.15, 0.2) is 0 Å². The first-order valence-corrected chi connectivity index (χ1v) is 9.81. The Balaban J connectivity index is 2.42. The fourth-order valence-electron chi connectivity index (χ4n) is 3.26. The van der Waals surface area contributed by atoms with Crippen molar-refractivity contribution in [1.29, 1.82) is 0 Å². The van der Waals surface area contributed by atoms with Crippen LogP contribution in [0.5, 0.6) is 0 Å². The van der Waals surface area contributed by atoms with Gasteiger partial charge in [-0.15, -0.1) is 0 Å². The van der Waals surface area contributed by atoms with Crippen molar-refractivity contribution < 1.29 is 28.7 Å². The van der Waals surface area contributed by atoms with Crippen molar-refractivity contribution in [3.8, 4) is 0 Å². The van der Waals surface area contributed by atoms with Crippen molar-refractivity contribution in [1.82, 2.24) is 0 Å².